The first-order valence-electron chi connectivity index (χ1n) is 2.76. The van der Waals surface area contributed by atoms with E-state index >= 15 is 0 Å². The van der Waals surface area contributed by atoms with Gasteiger partial charge in [-0.1, -0.05) is 0 Å². The molecule has 0 aromatic heterocycles. The van der Waals surface area contributed by atoms with Crippen LogP contribution in [0.2, 0.25) is 0 Å². The van der Waals surface area contributed by atoms with Crippen LogP contribution in [0.1, 0.15) is 0 Å². The third-order valence-corrected chi connectivity index (χ3v) is 0. The number of rotatable bonds is 0. The Labute approximate surface area is 124 Å². The van der Waals surface area contributed by atoms with Gasteiger partial charge in [0.25, 0.3) is 5.09 Å². The summed E-state index contributed by atoms with van der Waals surface area (Å²) >= 11 is 0. The summed E-state index contributed by atoms with van der Waals surface area (Å²) in [4.78, 5) is 41.4. The number of nitrogens with zero attached hydrogens (tertiary/aromatic N) is 5. The molecule has 0 spiro atoms. The van der Waals surface area contributed by atoms with E-state index in [0.29, 0.717) is 0 Å². The third-order valence-electron chi connectivity index (χ3n) is 0. The molecule has 0 atom stereocenters. The van der Waals surface area contributed by atoms with Crippen molar-refractivity contribution in [3.63, 3.8) is 0 Å². The van der Waals surface area contributed by atoms with E-state index in [-0.39, 0.29) is 21.1 Å². The van der Waals surface area contributed by atoms with Crippen molar-refractivity contribution in [2.24, 2.45) is 0 Å². The summed E-state index contributed by atoms with van der Waals surface area (Å²) in [6.45, 7) is 0. The first-order valence-corrected chi connectivity index (χ1v) is 2.76. The molecule has 0 rings (SSSR count). The van der Waals surface area contributed by atoms with Gasteiger partial charge in [0.15, 0.2) is 0 Å². The SMILES string of the molecule is O=[N+]([O-])O.O=[N+]([O-])[O-].O=[N+]([O-])[O-].O=[N+]([O-])[O-].O=[N+]([O-])[O-].[Mo+4]. The van der Waals surface area contributed by atoms with E-state index < -0.39 is 25.4 Å². The topological polar surface area (TPSA) is 328 Å². The summed E-state index contributed by atoms with van der Waals surface area (Å²) in [5, 5.41) is 72.6. The second kappa shape index (κ2) is 30.1. The van der Waals surface area contributed by atoms with Gasteiger partial charge in [-0.2, -0.15) is 0 Å². The normalized spacial score (nSPS) is 5.71. The molecular weight excluding hydrogens is 406 g/mol. The van der Waals surface area contributed by atoms with Gasteiger partial charge < -0.3 is 66.5 Å². The average molecular weight is 407 g/mol. The van der Waals surface area contributed by atoms with Gasteiger partial charge in [-0.05, 0) is 0 Å². The van der Waals surface area contributed by atoms with Gasteiger partial charge in [-0.3, -0.25) is 0 Å². The van der Waals surface area contributed by atoms with Crippen molar-refractivity contribution in [2.75, 3.05) is 0 Å². The minimum Gasteiger partial charge on any atom is -0.356 e. The molecule has 0 bridgehead atoms. The maximum atomic E-state index is 8.36. The molecule has 0 aliphatic carbocycles. The molecule has 0 aromatic rings. The zero-order valence-electron chi connectivity index (χ0n) is 8.81. The van der Waals surface area contributed by atoms with Crippen LogP contribution in [0.25, 0.3) is 0 Å². The van der Waals surface area contributed by atoms with Crippen molar-refractivity contribution >= 4 is 0 Å². The fourth-order valence-corrected chi connectivity index (χ4v) is 0. The van der Waals surface area contributed by atoms with Crippen molar-refractivity contribution in [3.05, 3.63) is 71.4 Å². The van der Waals surface area contributed by atoms with Gasteiger partial charge in [-0.25, -0.2) is 0 Å². The summed E-state index contributed by atoms with van der Waals surface area (Å²) in [7, 11) is 0. The quantitative estimate of drug-likeness (QED) is 0.276. The molecular formula is HMoN5O15. The van der Waals surface area contributed by atoms with Crippen molar-refractivity contribution in [2.45, 2.75) is 0 Å². The molecule has 0 heterocycles. The monoisotopic (exact) mass is 409 g/mol. The van der Waals surface area contributed by atoms with E-state index in [4.69, 9.17) is 76.6 Å². The van der Waals surface area contributed by atoms with Crippen LogP contribution in [0, 0.1) is 71.4 Å². The molecule has 0 amide bonds. The van der Waals surface area contributed by atoms with Crippen LogP contribution in [0.5, 0.6) is 0 Å². The Morgan fingerprint density at radius 2 is 0.476 bits per heavy atom. The second-order valence-electron chi connectivity index (χ2n) is 1.13. The molecule has 20 nitrogen and oxygen atoms in total. The summed E-state index contributed by atoms with van der Waals surface area (Å²) in [5.74, 6) is 0. The zero-order chi connectivity index (χ0) is 17.9. The summed E-state index contributed by atoms with van der Waals surface area (Å²) in [6, 6.07) is 0. The molecule has 0 aliphatic rings. The third kappa shape index (κ3) is 328. The minimum absolute atomic E-state index is 0. The minimum atomic E-state index is -1.75. The summed E-state index contributed by atoms with van der Waals surface area (Å²) in [5.41, 5.74) is 0. The number of hydrogen-bond acceptors (Lipinski definition) is 14. The van der Waals surface area contributed by atoms with Gasteiger partial charge in [0.05, 0.1) is 20.3 Å². The fraction of sp³-hybridized carbons (Fsp3) is 0. The summed E-state index contributed by atoms with van der Waals surface area (Å²) in [6.07, 6.45) is 0. The van der Waals surface area contributed by atoms with Crippen LogP contribution in [0.15, 0.2) is 0 Å². The van der Waals surface area contributed by atoms with Crippen LogP contribution in [-0.4, -0.2) is 30.6 Å². The van der Waals surface area contributed by atoms with Crippen LogP contribution < -0.4 is 0 Å². The van der Waals surface area contributed by atoms with E-state index in [0.717, 1.165) is 0 Å². The van der Waals surface area contributed by atoms with E-state index in [1.54, 1.807) is 0 Å². The van der Waals surface area contributed by atoms with Crippen LogP contribution in [-0.2, 0) is 21.1 Å². The smallest absolute Gasteiger partial charge is 0.356 e. The van der Waals surface area contributed by atoms with E-state index in [1.165, 1.54) is 0 Å². The Balaban J connectivity index is -0.0000000331. The largest absolute Gasteiger partial charge is 4.00 e. The maximum Gasteiger partial charge on any atom is 4.00 e. The zero-order valence-corrected chi connectivity index (χ0v) is 10.8. The van der Waals surface area contributed by atoms with Gasteiger partial charge >= 0.3 is 21.1 Å². The van der Waals surface area contributed by atoms with E-state index in [9.17, 15) is 0 Å². The molecule has 0 saturated heterocycles. The molecule has 0 aromatic carbocycles. The van der Waals surface area contributed by atoms with E-state index in [2.05, 4.69) is 0 Å². The van der Waals surface area contributed by atoms with Gasteiger partial charge in [0, 0.05) is 0 Å². The molecule has 1 N–H and O–H groups in total. The van der Waals surface area contributed by atoms with Gasteiger partial charge in [0.2, 0.25) is 0 Å². The number of hydrogen-bond donors (Lipinski definition) is 1. The molecule has 0 fully saturated rings. The van der Waals surface area contributed by atoms with Crippen LogP contribution in [0.3, 0.4) is 0 Å². The van der Waals surface area contributed by atoms with Gasteiger partial charge in [-0.15, -0.1) is 10.1 Å². The Hall–Kier alpha value is -3.31. The van der Waals surface area contributed by atoms with Gasteiger partial charge in [0.1, 0.15) is 0 Å². The Kier molecular flexibility index (Phi) is 51.6. The standard InChI is InChI=1S/Mo.HNO3.4NO3/c;5*2-1(3)4/h;(H,2,3,4);;;;/q+4;;4*-1. The molecule has 21 heavy (non-hydrogen) atoms. The fourth-order valence-electron chi connectivity index (χ4n) is 0. The Morgan fingerprint density at radius 3 is 0.476 bits per heavy atom. The van der Waals surface area contributed by atoms with Crippen molar-refractivity contribution < 1.29 is 51.7 Å². The van der Waals surface area contributed by atoms with Crippen molar-refractivity contribution in [3.8, 4) is 0 Å². The Bertz CT molecular complexity index is 207. The summed E-state index contributed by atoms with van der Waals surface area (Å²) < 4.78 is 0. The van der Waals surface area contributed by atoms with E-state index in [1.807, 2.05) is 0 Å². The molecule has 0 aliphatic heterocycles. The predicted octanol–water partition coefficient (Wildman–Crippen LogP) is -1.31. The molecule has 0 radical (unpaired) electrons. The average Bonchev–Trinajstić information content (AvgIpc) is 1.94. The first kappa shape index (κ1) is 36.1. The molecule has 21 heteroatoms. The maximum absolute atomic E-state index is 8.36. The molecule has 0 saturated carbocycles. The van der Waals surface area contributed by atoms with Crippen LogP contribution >= 0.6 is 0 Å². The van der Waals surface area contributed by atoms with Crippen LogP contribution in [0.4, 0.5) is 0 Å². The first-order chi connectivity index (χ1) is 8.66. The predicted molar refractivity (Wildman–Crippen MR) is 50.2 cm³/mol. The van der Waals surface area contributed by atoms with Crippen molar-refractivity contribution in [1.29, 1.82) is 0 Å². The molecule has 0 unspecified atom stereocenters. The molecule has 122 valence electrons. The van der Waals surface area contributed by atoms with Crippen molar-refractivity contribution in [1.82, 2.24) is 0 Å². The second-order valence-corrected chi connectivity index (χ2v) is 1.13. The Morgan fingerprint density at radius 1 is 0.476 bits per heavy atom.